The van der Waals surface area contributed by atoms with Gasteiger partial charge in [0.15, 0.2) is 0 Å². The summed E-state index contributed by atoms with van der Waals surface area (Å²) in [5.41, 5.74) is 7.18. The van der Waals surface area contributed by atoms with Crippen molar-refractivity contribution in [3.05, 3.63) is 28.8 Å². The number of fused-ring (bicyclic) bond motifs is 1. The Kier molecular flexibility index (Phi) is 1.94. The van der Waals surface area contributed by atoms with E-state index >= 15 is 0 Å². The lowest BCUT2D eigenvalue weighted by molar-refractivity contribution is 1.01. The molecule has 4 nitrogen and oxygen atoms in total. The molecule has 5 heteroatoms. The van der Waals surface area contributed by atoms with Crippen molar-refractivity contribution in [2.75, 3.05) is 0 Å². The summed E-state index contributed by atoms with van der Waals surface area (Å²) in [5.74, 6) is 0.594. The van der Waals surface area contributed by atoms with E-state index in [0.717, 1.165) is 5.56 Å². The van der Waals surface area contributed by atoms with Crippen LogP contribution in [-0.2, 0) is 6.54 Å². The molecule has 68 valence electrons. The van der Waals surface area contributed by atoms with Crippen LogP contribution in [0.1, 0.15) is 11.3 Å². The van der Waals surface area contributed by atoms with Crippen LogP contribution in [0.15, 0.2) is 12.4 Å². The Morgan fingerprint density at radius 2 is 2.38 bits per heavy atom. The summed E-state index contributed by atoms with van der Waals surface area (Å²) in [4.78, 5) is 8.29. The molecule has 2 heterocycles. The number of aromatic nitrogens is 3. The molecule has 0 aliphatic heterocycles. The van der Waals surface area contributed by atoms with Crippen molar-refractivity contribution in [1.82, 2.24) is 14.4 Å². The quantitative estimate of drug-likeness (QED) is 0.745. The van der Waals surface area contributed by atoms with Gasteiger partial charge in [-0.15, -0.1) is 0 Å². The molecule has 0 aromatic carbocycles. The lowest BCUT2D eigenvalue weighted by atomic mass is 10.4. The minimum Gasteiger partial charge on any atom is -0.325 e. The van der Waals surface area contributed by atoms with Gasteiger partial charge in [0.2, 0.25) is 5.78 Å². The zero-order valence-corrected chi connectivity index (χ0v) is 7.91. The highest BCUT2D eigenvalue weighted by atomic mass is 35.5. The largest absolute Gasteiger partial charge is 0.325 e. The predicted molar refractivity (Wildman–Crippen MR) is 50.6 cm³/mol. The monoisotopic (exact) mass is 196 g/mol. The fourth-order valence-corrected chi connectivity index (χ4v) is 1.42. The molecule has 13 heavy (non-hydrogen) atoms. The highest BCUT2D eigenvalue weighted by Crippen LogP contribution is 2.16. The fraction of sp³-hybridized carbons (Fsp3) is 0.250. The molecular formula is C8H9ClN4. The summed E-state index contributed by atoms with van der Waals surface area (Å²) in [5, 5.41) is 0.550. The van der Waals surface area contributed by atoms with Crippen LogP contribution < -0.4 is 5.73 Å². The molecule has 0 saturated heterocycles. The maximum atomic E-state index is 6.01. The molecule has 2 N–H and O–H groups in total. The Balaban J connectivity index is 2.77. The summed E-state index contributed by atoms with van der Waals surface area (Å²) in [6.07, 6.45) is 3.63. The van der Waals surface area contributed by atoms with E-state index in [1.807, 2.05) is 13.1 Å². The van der Waals surface area contributed by atoms with E-state index in [1.165, 1.54) is 0 Å². The van der Waals surface area contributed by atoms with Crippen molar-refractivity contribution < 1.29 is 0 Å². The van der Waals surface area contributed by atoms with E-state index in [-0.39, 0.29) is 0 Å². The molecule has 0 unspecified atom stereocenters. The first-order valence-corrected chi connectivity index (χ1v) is 4.29. The van der Waals surface area contributed by atoms with E-state index in [1.54, 1.807) is 10.6 Å². The van der Waals surface area contributed by atoms with Gasteiger partial charge < -0.3 is 5.73 Å². The van der Waals surface area contributed by atoms with Crippen molar-refractivity contribution in [2.24, 2.45) is 5.73 Å². The molecule has 2 aromatic rings. The Morgan fingerprint density at radius 3 is 3.08 bits per heavy atom. The zero-order chi connectivity index (χ0) is 9.42. The predicted octanol–water partition coefficient (Wildman–Crippen LogP) is 1.15. The third-order valence-corrected chi connectivity index (χ3v) is 2.21. The van der Waals surface area contributed by atoms with Gasteiger partial charge in [0.1, 0.15) is 5.15 Å². The number of halogens is 1. The Labute approximate surface area is 80.4 Å². The van der Waals surface area contributed by atoms with Crippen molar-refractivity contribution in [3.8, 4) is 0 Å². The number of nitrogens with two attached hydrogens (primary N) is 1. The van der Waals surface area contributed by atoms with Crippen LogP contribution in [0, 0.1) is 6.92 Å². The first-order chi connectivity index (χ1) is 6.22. The Hall–Kier alpha value is -1.13. The van der Waals surface area contributed by atoms with Gasteiger partial charge in [-0.1, -0.05) is 11.6 Å². The molecule has 2 aromatic heterocycles. The number of nitrogens with zero attached hydrogens (tertiary/aromatic N) is 3. The van der Waals surface area contributed by atoms with Gasteiger partial charge in [0.25, 0.3) is 0 Å². The van der Waals surface area contributed by atoms with Crippen molar-refractivity contribution >= 4 is 17.4 Å². The average molecular weight is 197 g/mol. The molecule has 0 aliphatic carbocycles. The molecule has 0 atom stereocenters. The normalized spacial score (nSPS) is 11.0. The molecule has 2 rings (SSSR count). The second kappa shape index (κ2) is 2.97. The first kappa shape index (κ1) is 8.47. The minimum atomic E-state index is 0.335. The third-order valence-electron chi connectivity index (χ3n) is 1.81. The number of hydrogen-bond acceptors (Lipinski definition) is 3. The number of aryl methyl sites for hydroxylation is 1. The highest BCUT2D eigenvalue weighted by Gasteiger charge is 2.08. The summed E-state index contributed by atoms with van der Waals surface area (Å²) >= 11 is 6.01. The van der Waals surface area contributed by atoms with E-state index in [2.05, 4.69) is 9.97 Å². The fourth-order valence-electron chi connectivity index (χ4n) is 1.18. The second-order valence-corrected chi connectivity index (χ2v) is 3.21. The molecule has 0 spiro atoms. The molecule has 0 radical (unpaired) electrons. The standard InChI is InChI=1S/C8H9ClN4/c1-5-3-11-8-12-6(2-10)7(9)13(8)4-5/h3-4H,2,10H2,1H3. The van der Waals surface area contributed by atoms with E-state index in [4.69, 9.17) is 17.3 Å². The van der Waals surface area contributed by atoms with Gasteiger partial charge in [-0.2, -0.15) is 0 Å². The van der Waals surface area contributed by atoms with Crippen molar-refractivity contribution in [1.29, 1.82) is 0 Å². The second-order valence-electron chi connectivity index (χ2n) is 2.85. The van der Waals surface area contributed by atoms with E-state index in [9.17, 15) is 0 Å². The van der Waals surface area contributed by atoms with Crippen LogP contribution in [0.4, 0.5) is 0 Å². The van der Waals surface area contributed by atoms with Gasteiger partial charge in [0.05, 0.1) is 5.69 Å². The Morgan fingerprint density at radius 1 is 1.62 bits per heavy atom. The molecule has 0 amide bonds. The molecule has 0 saturated carbocycles. The van der Waals surface area contributed by atoms with E-state index < -0.39 is 0 Å². The SMILES string of the molecule is Cc1cnc2nc(CN)c(Cl)n2c1. The topological polar surface area (TPSA) is 56.2 Å². The van der Waals surface area contributed by atoms with Crippen LogP contribution in [0.25, 0.3) is 5.78 Å². The third kappa shape index (κ3) is 1.28. The average Bonchev–Trinajstić information content (AvgIpc) is 2.44. The summed E-state index contributed by atoms with van der Waals surface area (Å²) in [6.45, 7) is 2.28. The minimum absolute atomic E-state index is 0.335. The van der Waals surface area contributed by atoms with Crippen LogP contribution >= 0.6 is 11.6 Å². The number of hydrogen-bond donors (Lipinski definition) is 1. The van der Waals surface area contributed by atoms with Crippen molar-refractivity contribution in [2.45, 2.75) is 13.5 Å². The molecule has 0 fully saturated rings. The maximum absolute atomic E-state index is 6.01. The summed E-state index contributed by atoms with van der Waals surface area (Å²) in [7, 11) is 0. The van der Waals surface area contributed by atoms with Crippen LogP contribution in [0.5, 0.6) is 0 Å². The molecular weight excluding hydrogens is 188 g/mol. The molecule has 0 aliphatic rings. The van der Waals surface area contributed by atoms with Crippen molar-refractivity contribution in [3.63, 3.8) is 0 Å². The van der Waals surface area contributed by atoms with Gasteiger partial charge in [-0.05, 0) is 12.5 Å². The van der Waals surface area contributed by atoms with Crippen LogP contribution in [0.3, 0.4) is 0 Å². The summed E-state index contributed by atoms with van der Waals surface area (Å²) in [6, 6.07) is 0. The lowest BCUT2D eigenvalue weighted by Crippen LogP contribution is -1.96. The maximum Gasteiger partial charge on any atom is 0.235 e. The van der Waals surface area contributed by atoms with Gasteiger partial charge >= 0.3 is 0 Å². The Bertz CT molecular complexity index is 449. The number of imidazole rings is 1. The smallest absolute Gasteiger partial charge is 0.235 e. The zero-order valence-electron chi connectivity index (χ0n) is 7.16. The summed E-state index contributed by atoms with van der Waals surface area (Å²) < 4.78 is 1.74. The first-order valence-electron chi connectivity index (χ1n) is 3.91. The van der Waals surface area contributed by atoms with Gasteiger partial charge in [-0.25, -0.2) is 9.97 Å². The highest BCUT2D eigenvalue weighted by molar-refractivity contribution is 6.30. The van der Waals surface area contributed by atoms with Gasteiger partial charge in [0, 0.05) is 18.9 Å². The van der Waals surface area contributed by atoms with Crippen LogP contribution in [0.2, 0.25) is 5.15 Å². The van der Waals surface area contributed by atoms with E-state index in [0.29, 0.717) is 23.2 Å². The van der Waals surface area contributed by atoms with Gasteiger partial charge in [-0.3, -0.25) is 4.40 Å². The van der Waals surface area contributed by atoms with Crippen LogP contribution in [-0.4, -0.2) is 14.4 Å². The number of rotatable bonds is 1. The molecule has 0 bridgehead atoms. The lowest BCUT2D eigenvalue weighted by Gasteiger charge is -1.95.